The Kier molecular flexibility index (Phi) is 15.0. The van der Waals surface area contributed by atoms with Crippen molar-refractivity contribution in [3.8, 4) is 68.4 Å². The zero-order chi connectivity index (χ0) is 53.1. The van der Waals surface area contributed by atoms with Gasteiger partial charge in [0, 0.05) is 68.3 Å². The molecule has 0 radical (unpaired) electrons. The lowest BCUT2D eigenvalue weighted by Gasteiger charge is -2.26. The maximum absolute atomic E-state index is 5.49. The van der Waals surface area contributed by atoms with Gasteiger partial charge in [0.15, 0.2) is 0 Å². The van der Waals surface area contributed by atoms with E-state index in [1.54, 1.807) is 28.4 Å². The molecule has 390 valence electrons. The fourth-order valence-corrected chi connectivity index (χ4v) is 15.7. The standard InChI is InChI=1S/C66H57N3O4S5/c1-6-7-8-9-10-55-35-40-64(74-55)69-56-41-62(60-38-36-58(75-60)43-11-15-45(16-12-43)67(47-19-27-51(70-2)28-20-47)48-21-29-52(71-3)30-22-48)77-65(56)66-57(69)42-63(78-66)61-39-37-59(76-61)44-13-17-46(18-14-44)68(49-23-31-53(72-4)32-24-49)50-25-33-54(73-5)34-26-50/h11-42H,6-10H2,1-5H3. The molecule has 0 aliphatic rings. The van der Waals surface area contributed by atoms with E-state index in [1.807, 2.05) is 105 Å². The highest BCUT2D eigenvalue weighted by Gasteiger charge is 2.23. The first-order valence-electron chi connectivity index (χ1n) is 26.1. The molecular weight excluding hydrogens is 1060 g/mol. The van der Waals surface area contributed by atoms with Crippen LogP contribution in [-0.2, 0) is 6.42 Å². The molecule has 0 aliphatic heterocycles. The summed E-state index contributed by atoms with van der Waals surface area (Å²) >= 11 is 9.50. The van der Waals surface area contributed by atoms with Crippen LogP contribution >= 0.6 is 56.7 Å². The molecule has 0 saturated heterocycles. The average molecular weight is 1120 g/mol. The van der Waals surface area contributed by atoms with Crippen molar-refractivity contribution in [2.24, 2.45) is 0 Å². The van der Waals surface area contributed by atoms with Crippen LogP contribution in [0.25, 0.3) is 65.8 Å². The van der Waals surface area contributed by atoms with E-state index >= 15 is 0 Å². The number of aromatic nitrogens is 1. The Labute approximate surface area is 476 Å². The van der Waals surface area contributed by atoms with Gasteiger partial charge in [0.25, 0.3) is 0 Å². The second-order valence-electron chi connectivity index (χ2n) is 18.9. The summed E-state index contributed by atoms with van der Waals surface area (Å²) in [5.74, 6) is 3.29. The molecular formula is C66H57N3O4S5. The first-order valence-corrected chi connectivity index (χ1v) is 30.2. The molecule has 0 saturated carbocycles. The molecule has 78 heavy (non-hydrogen) atoms. The summed E-state index contributed by atoms with van der Waals surface area (Å²) in [5, 5.41) is 1.28. The van der Waals surface area contributed by atoms with Crippen molar-refractivity contribution >= 4 is 111 Å². The van der Waals surface area contributed by atoms with Crippen LogP contribution in [0.4, 0.5) is 34.1 Å². The Morgan fingerprint density at radius 2 is 0.705 bits per heavy atom. The van der Waals surface area contributed by atoms with Crippen LogP contribution in [-0.4, -0.2) is 33.0 Å². The van der Waals surface area contributed by atoms with Crippen molar-refractivity contribution in [1.82, 2.24) is 4.57 Å². The predicted octanol–water partition coefficient (Wildman–Crippen LogP) is 20.9. The van der Waals surface area contributed by atoms with E-state index in [0.717, 1.165) is 63.5 Å². The molecule has 12 heteroatoms. The van der Waals surface area contributed by atoms with Crippen molar-refractivity contribution in [2.45, 2.75) is 39.0 Å². The molecule has 0 spiro atoms. The number of anilines is 6. The first-order chi connectivity index (χ1) is 38.4. The van der Waals surface area contributed by atoms with Gasteiger partial charge in [-0.1, -0.05) is 50.5 Å². The highest BCUT2D eigenvalue weighted by molar-refractivity contribution is 7.33. The third-order valence-electron chi connectivity index (χ3n) is 14.1. The predicted molar refractivity (Wildman–Crippen MR) is 335 cm³/mol. The Bertz CT molecular complexity index is 3610. The first kappa shape index (κ1) is 51.2. The molecule has 0 fully saturated rings. The maximum Gasteiger partial charge on any atom is 0.119 e. The zero-order valence-corrected chi connectivity index (χ0v) is 48.1. The Morgan fingerprint density at radius 3 is 1.06 bits per heavy atom. The van der Waals surface area contributed by atoms with E-state index in [4.69, 9.17) is 18.9 Å². The van der Waals surface area contributed by atoms with Gasteiger partial charge < -0.3 is 28.7 Å². The number of hydrogen-bond acceptors (Lipinski definition) is 11. The number of ether oxygens (including phenoxy) is 4. The Balaban J connectivity index is 0.850. The van der Waals surface area contributed by atoms with Crippen LogP contribution in [0.1, 0.15) is 37.5 Å². The van der Waals surface area contributed by atoms with Gasteiger partial charge in [0.05, 0.1) is 48.9 Å². The Morgan fingerprint density at radius 1 is 0.346 bits per heavy atom. The number of benzene rings is 6. The molecule has 0 amide bonds. The minimum Gasteiger partial charge on any atom is -0.497 e. The maximum atomic E-state index is 5.49. The number of aryl methyl sites for hydroxylation is 1. The fourth-order valence-electron chi connectivity index (χ4n) is 10.00. The number of methoxy groups -OCH3 is 4. The minimum atomic E-state index is 0.822. The minimum absolute atomic E-state index is 0.822. The monoisotopic (exact) mass is 1120 g/mol. The van der Waals surface area contributed by atoms with Gasteiger partial charge in [0.1, 0.15) is 28.0 Å². The van der Waals surface area contributed by atoms with Crippen LogP contribution < -0.4 is 28.7 Å². The largest absolute Gasteiger partial charge is 0.497 e. The summed E-state index contributed by atoms with van der Waals surface area (Å²) in [6, 6.07) is 69.3. The molecule has 0 atom stereocenters. The molecule has 0 N–H and O–H groups in total. The van der Waals surface area contributed by atoms with Gasteiger partial charge in [0.2, 0.25) is 0 Å². The molecule has 12 rings (SSSR count). The number of unbranched alkanes of at least 4 members (excludes halogenated alkanes) is 3. The van der Waals surface area contributed by atoms with Gasteiger partial charge in [-0.15, -0.1) is 56.7 Å². The summed E-state index contributed by atoms with van der Waals surface area (Å²) in [4.78, 5) is 13.6. The number of nitrogens with zero attached hydrogens (tertiary/aromatic N) is 3. The molecule has 7 nitrogen and oxygen atoms in total. The lowest BCUT2D eigenvalue weighted by atomic mass is 10.1. The number of rotatable bonds is 20. The van der Waals surface area contributed by atoms with Gasteiger partial charge in [-0.25, -0.2) is 0 Å². The normalized spacial score (nSPS) is 11.4. The molecule has 6 heterocycles. The summed E-state index contributed by atoms with van der Waals surface area (Å²) in [6.07, 6.45) is 6.18. The second kappa shape index (κ2) is 22.8. The lowest BCUT2D eigenvalue weighted by Crippen LogP contribution is -2.09. The fraction of sp³-hybridized carbons (Fsp3) is 0.152. The third kappa shape index (κ3) is 10.3. The highest BCUT2D eigenvalue weighted by atomic mass is 32.1. The smallest absolute Gasteiger partial charge is 0.119 e. The molecule has 0 bridgehead atoms. The van der Waals surface area contributed by atoms with E-state index in [9.17, 15) is 0 Å². The van der Waals surface area contributed by atoms with E-state index in [0.29, 0.717) is 0 Å². The summed E-state index contributed by atoms with van der Waals surface area (Å²) in [7, 11) is 6.79. The average Bonchev–Trinajstić information content (AvgIpc) is 4.44. The lowest BCUT2D eigenvalue weighted by molar-refractivity contribution is 0.414. The highest BCUT2D eigenvalue weighted by Crippen LogP contribution is 2.50. The topological polar surface area (TPSA) is 48.3 Å². The van der Waals surface area contributed by atoms with Crippen molar-refractivity contribution in [3.63, 3.8) is 0 Å². The number of fused-ring (bicyclic) bond motifs is 3. The molecule has 0 aliphatic carbocycles. The van der Waals surface area contributed by atoms with Gasteiger partial charge >= 0.3 is 0 Å². The van der Waals surface area contributed by atoms with E-state index < -0.39 is 0 Å². The van der Waals surface area contributed by atoms with Crippen molar-refractivity contribution < 1.29 is 18.9 Å². The van der Waals surface area contributed by atoms with Crippen molar-refractivity contribution in [1.29, 1.82) is 0 Å². The second-order valence-corrected chi connectivity index (χ2v) is 24.3. The third-order valence-corrected chi connectivity index (χ3v) is 20.3. The SMILES string of the molecule is CCCCCCc1ccc(-n2c3cc(-c4ccc(-c5ccc(N(c6ccc(OC)cc6)c6ccc(OC)cc6)cc5)s4)sc3c3sc(-c4ccc(-c5ccc(N(c6ccc(OC)cc6)c6ccc(OC)cc6)cc5)s4)cc32)s1. The number of hydrogen-bond donors (Lipinski definition) is 0. The van der Waals surface area contributed by atoms with Crippen LogP contribution in [0.2, 0.25) is 0 Å². The van der Waals surface area contributed by atoms with Crippen LogP contribution in [0.5, 0.6) is 23.0 Å². The van der Waals surface area contributed by atoms with Gasteiger partial charge in [-0.2, -0.15) is 0 Å². The Hall–Kier alpha value is -7.58. The van der Waals surface area contributed by atoms with Gasteiger partial charge in [-0.05, 0) is 194 Å². The molecule has 0 unspecified atom stereocenters. The van der Waals surface area contributed by atoms with Crippen LogP contribution in [0.15, 0.2) is 194 Å². The van der Waals surface area contributed by atoms with Crippen LogP contribution in [0.3, 0.4) is 0 Å². The van der Waals surface area contributed by atoms with Crippen molar-refractivity contribution in [3.05, 3.63) is 199 Å². The van der Waals surface area contributed by atoms with Crippen LogP contribution in [0, 0.1) is 0 Å². The zero-order valence-electron chi connectivity index (χ0n) is 44.0. The summed E-state index contributed by atoms with van der Waals surface area (Å²) in [5.41, 5.74) is 11.2. The van der Waals surface area contributed by atoms with E-state index in [-0.39, 0.29) is 0 Å². The van der Waals surface area contributed by atoms with Crippen molar-refractivity contribution in [2.75, 3.05) is 38.2 Å². The summed E-state index contributed by atoms with van der Waals surface area (Å²) < 4.78 is 27.2. The summed E-state index contributed by atoms with van der Waals surface area (Å²) in [6.45, 7) is 2.28. The van der Waals surface area contributed by atoms with E-state index in [1.165, 1.54) is 96.4 Å². The van der Waals surface area contributed by atoms with E-state index in [2.05, 4.69) is 167 Å². The quantitative estimate of drug-likeness (QED) is 0.0709. The number of thiophene rings is 5. The molecule has 6 aromatic heterocycles. The molecule has 12 aromatic rings. The van der Waals surface area contributed by atoms with Gasteiger partial charge in [-0.3, -0.25) is 4.57 Å². The molecule has 6 aromatic carbocycles.